The summed E-state index contributed by atoms with van der Waals surface area (Å²) in [6.07, 6.45) is 11.3. The molecule has 6 aromatic heterocycles. The summed E-state index contributed by atoms with van der Waals surface area (Å²) in [4.78, 5) is 28.0. The van der Waals surface area contributed by atoms with Crippen LogP contribution < -0.4 is 14.0 Å². The van der Waals surface area contributed by atoms with Gasteiger partial charge in [0.1, 0.15) is 0 Å². The molecule has 404 valence electrons. The molecule has 9 aromatic carbocycles. The van der Waals surface area contributed by atoms with Crippen molar-refractivity contribution < 1.29 is 48.4 Å². The summed E-state index contributed by atoms with van der Waals surface area (Å²) in [7, 11) is -4.69. The molecule has 12 heteroatoms. The second-order valence-electron chi connectivity index (χ2n) is 19.3. The van der Waals surface area contributed by atoms with Gasteiger partial charge in [0.2, 0.25) is 0 Å². The average Bonchev–Trinajstić information content (AvgIpc) is 2.32. The zero-order valence-electron chi connectivity index (χ0n) is 44.8. The predicted molar refractivity (Wildman–Crippen MR) is 326 cm³/mol. The summed E-state index contributed by atoms with van der Waals surface area (Å²) < 4.78 is 32.7. The molecule has 0 unspecified atom stereocenters. The molecule has 0 fully saturated rings. The van der Waals surface area contributed by atoms with Gasteiger partial charge in [0.15, 0.2) is 0 Å². The van der Waals surface area contributed by atoms with Crippen LogP contribution >= 0.6 is 0 Å². The van der Waals surface area contributed by atoms with Gasteiger partial charge in [-0.1, -0.05) is 218 Å². The molecule has 0 aliphatic heterocycles. The van der Waals surface area contributed by atoms with E-state index in [2.05, 4.69) is 248 Å². The molecule has 0 atom stereocenters. The fourth-order valence-corrected chi connectivity index (χ4v) is 10.7. The van der Waals surface area contributed by atoms with Crippen LogP contribution in [0.2, 0.25) is 0 Å². The minimum Gasteiger partial charge on any atom is -0.254 e. The first-order chi connectivity index (χ1) is 40.7. The van der Waals surface area contributed by atoms with Crippen molar-refractivity contribution in [3.8, 4) is 66.8 Å². The van der Waals surface area contributed by atoms with Crippen molar-refractivity contribution in [3.05, 3.63) is 292 Å². The minimum absolute atomic E-state index is 0. The Bertz CT molecular complexity index is 3950. The fraction of sp³-hybridized carbons (Fsp3) is 0. The van der Waals surface area contributed by atoms with E-state index in [4.69, 9.17) is 18.6 Å². The number of benzene rings is 9. The number of hydrogen-bond acceptors (Lipinski definition) is 10. The van der Waals surface area contributed by atoms with Crippen molar-refractivity contribution in [3.63, 3.8) is 0 Å². The van der Waals surface area contributed by atoms with Crippen LogP contribution in [0.15, 0.2) is 292 Å². The van der Waals surface area contributed by atoms with Gasteiger partial charge in [0.25, 0.3) is 0 Å². The standard InChI is InChI=1S/3C24H16N2.ClHO4.Ru/c3*1-3-7-17(8-4-1)19-13-15-25-23-21(19)11-12-22-20(14-16-26-24(22)23)18-9-5-2-6-10-18;2-1(3,4)5;/h3*1-16H;(H,2,3,4,5);/q;;;;+2. The van der Waals surface area contributed by atoms with Crippen molar-refractivity contribution >= 4 is 65.4 Å². The van der Waals surface area contributed by atoms with E-state index in [9.17, 15) is 0 Å². The summed E-state index contributed by atoms with van der Waals surface area (Å²) in [5.74, 6) is 0. The first-order valence-electron chi connectivity index (χ1n) is 26.7. The van der Waals surface area contributed by atoms with Crippen LogP contribution in [-0.4, -0.2) is 34.6 Å². The SMILES string of the molecule is [O-][Cl+3]([O-])([O-])O.[Ru+2].c1ccc(-c2ccnc3c2ccc2c(-c4ccccc4)ccnc23)cc1.c1ccc(-c2ccnc3c2ccc2c(-c4ccccc4)ccnc23)cc1.c1ccc(-c2ccnc3c2ccc2c(-c4ccccc4)ccnc23)cc1. The topological polar surface area (TPSA) is 167 Å². The summed E-state index contributed by atoms with van der Waals surface area (Å²) in [6, 6.07) is 88.0. The van der Waals surface area contributed by atoms with Gasteiger partial charge in [0, 0.05) is 69.5 Å². The molecule has 0 aliphatic rings. The Morgan fingerprint density at radius 2 is 0.345 bits per heavy atom. The summed E-state index contributed by atoms with van der Waals surface area (Å²) >= 11 is 0. The van der Waals surface area contributed by atoms with E-state index in [-0.39, 0.29) is 19.5 Å². The van der Waals surface area contributed by atoms with Gasteiger partial charge in [-0.3, -0.25) is 29.9 Å². The molecule has 84 heavy (non-hydrogen) atoms. The van der Waals surface area contributed by atoms with Crippen molar-refractivity contribution in [1.29, 1.82) is 0 Å². The Morgan fingerprint density at radius 1 is 0.214 bits per heavy atom. The maximum atomic E-state index is 8.60. The third-order valence-corrected chi connectivity index (χ3v) is 14.4. The molecule has 15 rings (SSSR count). The zero-order chi connectivity index (χ0) is 56.5. The number of aromatic nitrogens is 6. The van der Waals surface area contributed by atoms with Crippen LogP contribution in [0.4, 0.5) is 0 Å². The molecule has 0 saturated heterocycles. The van der Waals surface area contributed by atoms with Gasteiger partial charge < -0.3 is 0 Å². The van der Waals surface area contributed by atoms with Gasteiger partial charge in [-0.2, -0.15) is 14.0 Å². The summed E-state index contributed by atoms with van der Waals surface area (Å²) in [5, 5.41) is 6.77. The molecule has 0 aliphatic carbocycles. The normalized spacial score (nSPS) is 11.0. The average molecular weight is 1200 g/mol. The monoisotopic (exact) mass is 1200 g/mol. The van der Waals surface area contributed by atoms with Gasteiger partial charge in [-0.25, -0.2) is 0 Å². The molecule has 0 amide bonds. The van der Waals surface area contributed by atoms with Crippen LogP contribution in [0, 0.1) is 10.2 Å². The quantitative estimate of drug-likeness (QED) is 0.125. The van der Waals surface area contributed by atoms with E-state index in [0.717, 1.165) is 65.4 Å². The molecule has 0 saturated carbocycles. The van der Waals surface area contributed by atoms with Gasteiger partial charge >= 0.3 is 19.5 Å². The second-order valence-corrected chi connectivity index (χ2v) is 20.1. The Morgan fingerprint density at radius 3 is 0.476 bits per heavy atom. The predicted octanol–water partition coefficient (Wildman–Crippen LogP) is 14.2. The Hall–Kier alpha value is -9.81. The van der Waals surface area contributed by atoms with E-state index in [1.54, 1.807) is 0 Å². The minimum atomic E-state index is -4.69. The van der Waals surface area contributed by atoms with Gasteiger partial charge in [-0.05, 0) is 103 Å². The first-order valence-corrected chi connectivity index (χ1v) is 28.0. The van der Waals surface area contributed by atoms with E-state index in [1.165, 1.54) is 66.8 Å². The van der Waals surface area contributed by atoms with E-state index in [0.29, 0.717) is 0 Å². The number of halogens is 1. The summed E-state index contributed by atoms with van der Waals surface area (Å²) in [6.45, 7) is 0. The van der Waals surface area contributed by atoms with E-state index >= 15 is 0 Å². The van der Waals surface area contributed by atoms with Gasteiger partial charge in [0.05, 0.1) is 48.0 Å². The smallest absolute Gasteiger partial charge is 0.254 e. The molecular formula is C72H49ClN6O4Ru+2. The number of rotatable bonds is 6. The van der Waals surface area contributed by atoms with Crippen LogP contribution in [0.3, 0.4) is 0 Å². The largest absolute Gasteiger partial charge is 2.00 e. The van der Waals surface area contributed by atoms with Gasteiger partial charge in [-0.15, -0.1) is 0 Å². The Labute approximate surface area is 499 Å². The molecule has 15 aromatic rings. The molecule has 0 bridgehead atoms. The van der Waals surface area contributed by atoms with Crippen LogP contribution in [0.1, 0.15) is 0 Å². The third-order valence-electron chi connectivity index (χ3n) is 14.4. The Kier molecular flexibility index (Phi) is 17.1. The zero-order valence-corrected chi connectivity index (χ0v) is 47.3. The maximum Gasteiger partial charge on any atom is 2.00 e. The van der Waals surface area contributed by atoms with Crippen LogP contribution in [0.5, 0.6) is 0 Å². The van der Waals surface area contributed by atoms with Crippen molar-refractivity contribution in [2.45, 2.75) is 0 Å². The molecule has 1 N–H and O–H groups in total. The molecular weight excluding hydrogens is 1150 g/mol. The third kappa shape index (κ3) is 12.2. The van der Waals surface area contributed by atoms with Crippen LogP contribution in [0.25, 0.3) is 132 Å². The number of pyridine rings is 6. The molecule has 6 heterocycles. The second kappa shape index (κ2) is 25.5. The summed E-state index contributed by atoms with van der Waals surface area (Å²) in [5.41, 5.74) is 19.9. The number of fused-ring (bicyclic) bond motifs is 9. The number of hydrogen-bond donors (Lipinski definition) is 1. The number of nitrogens with zero attached hydrogens (tertiary/aromatic N) is 6. The first kappa shape index (κ1) is 56.1. The maximum absolute atomic E-state index is 8.60. The molecule has 0 radical (unpaired) electrons. The fourth-order valence-electron chi connectivity index (χ4n) is 10.7. The van der Waals surface area contributed by atoms with Crippen molar-refractivity contribution in [1.82, 2.24) is 29.9 Å². The molecule has 0 spiro atoms. The van der Waals surface area contributed by atoms with Crippen LogP contribution in [-0.2, 0) is 19.5 Å². The van der Waals surface area contributed by atoms with Crippen molar-refractivity contribution in [2.75, 3.05) is 0 Å². The Balaban J connectivity index is 0.000000126. The van der Waals surface area contributed by atoms with Crippen molar-refractivity contribution in [2.24, 2.45) is 0 Å². The van der Waals surface area contributed by atoms with E-state index in [1.807, 2.05) is 73.6 Å². The van der Waals surface area contributed by atoms with E-state index < -0.39 is 10.2 Å². The molecule has 10 nitrogen and oxygen atoms in total.